The van der Waals surface area contributed by atoms with Crippen molar-refractivity contribution < 1.29 is 13.9 Å². The Bertz CT molecular complexity index is 847. The van der Waals surface area contributed by atoms with Crippen LogP contribution in [0.3, 0.4) is 0 Å². The first-order valence-corrected chi connectivity index (χ1v) is 9.54. The molecule has 0 saturated heterocycles. The minimum atomic E-state index is -3.50. The molecule has 0 bridgehead atoms. The molecule has 0 N–H and O–H groups in total. The van der Waals surface area contributed by atoms with Gasteiger partial charge in [0.25, 0.3) is 5.24 Å². The van der Waals surface area contributed by atoms with Gasteiger partial charge in [0.05, 0.1) is 5.02 Å². The summed E-state index contributed by atoms with van der Waals surface area (Å²) in [7, 11) is 0. The molecule has 0 amide bonds. The minimum Gasteiger partial charge on any atom is -0.428 e. The van der Waals surface area contributed by atoms with Crippen LogP contribution in [0.1, 0.15) is 21.5 Å². The van der Waals surface area contributed by atoms with Crippen LogP contribution in [0.2, 0.25) is 5.02 Å². The molecular formula is C15H8Cl3O3P. The zero-order valence-electron chi connectivity index (χ0n) is 10.9. The summed E-state index contributed by atoms with van der Waals surface area (Å²) < 4.78 is 17.6. The van der Waals surface area contributed by atoms with Gasteiger partial charge in [-0.3, -0.25) is 9.36 Å². The Labute approximate surface area is 141 Å². The molecule has 3 nitrogen and oxygen atoms in total. The SMILES string of the molecule is O=C(Cl)c1cc(Cl)c2c(c1)C(c1ccccc1)=CP(=O)(Cl)O2. The van der Waals surface area contributed by atoms with E-state index in [1.807, 2.05) is 30.3 Å². The Morgan fingerprint density at radius 2 is 1.82 bits per heavy atom. The van der Waals surface area contributed by atoms with Crippen molar-refractivity contribution in [1.82, 2.24) is 0 Å². The molecule has 1 heterocycles. The molecule has 0 spiro atoms. The Kier molecular flexibility index (Phi) is 4.09. The second-order valence-electron chi connectivity index (χ2n) is 4.63. The molecule has 0 aromatic heterocycles. The van der Waals surface area contributed by atoms with E-state index in [0.717, 1.165) is 5.56 Å². The Hall–Kier alpha value is -1.25. The maximum absolute atomic E-state index is 12.3. The van der Waals surface area contributed by atoms with Gasteiger partial charge in [0, 0.05) is 22.5 Å². The fourth-order valence-corrected chi connectivity index (χ4v) is 4.24. The lowest BCUT2D eigenvalue weighted by Gasteiger charge is -2.23. The van der Waals surface area contributed by atoms with E-state index in [4.69, 9.17) is 39.0 Å². The van der Waals surface area contributed by atoms with Gasteiger partial charge >= 0.3 is 6.72 Å². The van der Waals surface area contributed by atoms with E-state index < -0.39 is 12.0 Å². The summed E-state index contributed by atoms with van der Waals surface area (Å²) >= 11 is 17.6. The van der Waals surface area contributed by atoms with E-state index in [1.54, 1.807) is 6.07 Å². The van der Waals surface area contributed by atoms with Gasteiger partial charge in [-0.2, -0.15) is 0 Å². The summed E-state index contributed by atoms with van der Waals surface area (Å²) in [5, 5.41) is -0.513. The van der Waals surface area contributed by atoms with E-state index in [0.29, 0.717) is 11.1 Å². The van der Waals surface area contributed by atoms with E-state index in [2.05, 4.69) is 0 Å². The van der Waals surface area contributed by atoms with Gasteiger partial charge in [0.2, 0.25) is 0 Å². The highest BCUT2D eigenvalue weighted by Crippen LogP contribution is 2.61. The molecule has 2 aromatic rings. The van der Waals surface area contributed by atoms with E-state index in [9.17, 15) is 9.36 Å². The number of benzene rings is 2. The van der Waals surface area contributed by atoms with Crippen molar-refractivity contribution >= 4 is 52.0 Å². The predicted molar refractivity (Wildman–Crippen MR) is 89.2 cm³/mol. The van der Waals surface area contributed by atoms with Crippen LogP contribution in [0.25, 0.3) is 5.57 Å². The second-order valence-corrected chi connectivity index (χ2v) is 8.28. The normalized spacial score (nSPS) is 19.9. The van der Waals surface area contributed by atoms with Crippen molar-refractivity contribution in [1.29, 1.82) is 0 Å². The molecule has 3 rings (SSSR count). The molecule has 1 unspecified atom stereocenters. The summed E-state index contributed by atoms with van der Waals surface area (Å²) in [4.78, 5) is 11.4. The van der Waals surface area contributed by atoms with Gasteiger partial charge in [-0.05, 0) is 40.5 Å². The van der Waals surface area contributed by atoms with Gasteiger partial charge in [0.1, 0.15) is 0 Å². The van der Waals surface area contributed by atoms with Crippen LogP contribution in [-0.2, 0) is 4.57 Å². The number of fused-ring (bicyclic) bond motifs is 1. The molecule has 1 atom stereocenters. The highest BCUT2D eigenvalue weighted by molar-refractivity contribution is 7.88. The third-order valence-electron chi connectivity index (χ3n) is 3.14. The molecule has 112 valence electrons. The zero-order chi connectivity index (χ0) is 15.9. The molecule has 0 fully saturated rings. The number of hydrogen-bond acceptors (Lipinski definition) is 3. The van der Waals surface area contributed by atoms with E-state index >= 15 is 0 Å². The first kappa shape index (κ1) is 15.6. The van der Waals surface area contributed by atoms with Crippen LogP contribution in [0.4, 0.5) is 0 Å². The zero-order valence-corrected chi connectivity index (χ0v) is 14.1. The number of carbonyl (C=O) groups excluding carboxylic acids is 1. The van der Waals surface area contributed by atoms with Crippen LogP contribution >= 0.6 is 41.2 Å². The van der Waals surface area contributed by atoms with Crippen LogP contribution in [0.5, 0.6) is 5.75 Å². The molecule has 2 aromatic carbocycles. The van der Waals surface area contributed by atoms with Crippen molar-refractivity contribution in [3.63, 3.8) is 0 Å². The summed E-state index contributed by atoms with van der Waals surface area (Å²) in [6.07, 6.45) is 0. The van der Waals surface area contributed by atoms with Crippen molar-refractivity contribution in [2.45, 2.75) is 0 Å². The summed E-state index contributed by atoms with van der Waals surface area (Å²) in [5.41, 5.74) is 2.11. The number of rotatable bonds is 2. The van der Waals surface area contributed by atoms with Crippen molar-refractivity contribution in [2.75, 3.05) is 0 Å². The topological polar surface area (TPSA) is 43.4 Å². The van der Waals surface area contributed by atoms with Gasteiger partial charge in [-0.1, -0.05) is 41.9 Å². The second kappa shape index (κ2) is 5.75. The molecule has 1 aliphatic rings. The maximum atomic E-state index is 12.3. The highest BCUT2D eigenvalue weighted by atomic mass is 35.7. The average Bonchev–Trinajstić information content (AvgIpc) is 2.47. The number of halogens is 3. The maximum Gasteiger partial charge on any atom is 0.360 e. The Balaban J connectivity index is 2.29. The molecule has 1 aliphatic heterocycles. The van der Waals surface area contributed by atoms with Crippen LogP contribution in [0, 0.1) is 0 Å². The largest absolute Gasteiger partial charge is 0.428 e. The lowest BCUT2D eigenvalue weighted by atomic mass is 9.97. The van der Waals surface area contributed by atoms with Crippen LogP contribution in [-0.4, -0.2) is 5.24 Å². The molecule has 7 heteroatoms. The summed E-state index contributed by atoms with van der Waals surface area (Å²) in [6.45, 7) is -3.50. The van der Waals surface area contributed by atoms with Crippen molar-refractivity contribution in [2.24, 2.45) is 0 Å². The van der Waals surface area contributed by atoms with E-state index in [-0.39, 0.29) is 16.3 Å². The van der Waals surface area contributed by atoms with Gasteiger partial charge in [-0.15, -0.1) is 0 Å². The van der Waals surface area contributed by atoms with Gasteiger partial charge in [-0.25, -0.2) is 0 Å². The number of hydrogen-bond donors (Lipinski definition) is 0. The molecule has 0 saturated carbocycles. The third kappa shape index (κ3) is 2.95. The first-order chi connectivity index (χ1) is 10.4. The van der Waals surface area contributed by atoms with Gasteiger partial charge in [0.15, 0.2) is 5.75 Å². The first-order valence-electron chi connectivity index (χ1n) is 6.18. The monoisotopic (exact) mass is 372 g/mol. The van der Waals surface area contributed by atoms with Crippen LogP contribution in [0.15, 0.2) is 48.3 Å². The Morgan fingerprint density at radius 1 is 1.14 bits per heavy atom. The van der Waals surface area contributed by atoms with Crippen molar-refractivity contribution in [3.05, 3.63) is 70.0 Å². The number of carbonyl (C=O) groups is 1. The predicted octanol–water partition coefficient (Wildman–Crippen LogP) is 5.93. The standard InChI is InChI=1S/C15H8Cl3O3P/c16-13-7-10(15(17)19)6-11-12(9-4-2-1-3-5-9)8-22(18,20)21-14(11)13/h1-8H. The molecule has 0 aliphatic carbocycles. The highest BCUT2D eigenvalue weighted by Gasteiger charge is 2.31. The third-order valence-corrected chi connectivity index (χ3v) is 5.14. The lowest BCUT2D eigenvalue weighted by Crippen LogP contribution is -2.03. The Morgan fingerprint density at radius 3 is 2.45 bits per heavy atom. The smallest absolute Gasteiger partial charge is 0.360 e. The van der Waals surface area contributed by atoms with E-state index in [1.165, 1.54) is 11.9 Å². The molecular weight excluding hydrogens is 365 g/mol. The minimum absolute atomic E-state index is 0.129. The summed E-state index contributed by atoms with van der Waals surface area (Å²) in [5.74, 6) is 1.54. The van der Waals surface area contributed by atoms with Crippen LogP contribution < -0.4 is 4.52 Å². The molecule has 22 heavy (non-hydrogen) atoms. The lowest BCUT2D eigenvalue weighted by molar-refractivity contribution is 0.108. The summed E-state index contributed by atoms with van der Waals surface area (Å²) in [6, 6.07) is 12.1. The average molecular weight is 374 g/mol. The van der Waals surface area contributed by atoms with Crippen molar-refractivity contribution in [3.8, 4) is 5.75 Å². The quantitative estimate of drug-likeness (QED) is 0.484. The molecule has 0 radical (unpaired) electrons. The fraction of sp³-hybridized carbons (Fsp3) is 0. The van der Waals surface area contributed by atoms with Gasteiger partial charge < -0.3 is 4.52 Å². The fourth-order valence-electron chi connectivity index (χ4n) is 2.22.